The van der Waals surface area contributed by atoms with Crippen LogP contribution >= 0.6 is 11.6 Å². The van der Waals surface area contributed by atoms with Crippen molar-refractivity contribution in [1.82, 2.24) is 5.16 Å². The van der Waals surface area contributed by atoms with E-state index < -0.39 is 17.6 Å². The Morgan fingerprint density at radius 1 is 1.23 bits per heavy atom. The number of rotatable bonds is 6. The Morgan fingerprint density at radius 3 is 2.67 bits per heavy atom. The van der Waals surface area contributed by atoms with E-state index in [1.54, 1.807) is 19.1 Å². The van der Waals surface area contributed by atoms with E-state index in [0.29, 0.717) is 27.8 Å². The van der Waals surface area contributed by atoms with Gasteiger partial charge in [0.15, 0.2) is 5.69 Å². The molecule has 0 spiro atoms. The first-order valence-corrected chi connectivity index (χ1v) is 8.97. The minimum absolute atomic E-state index is 0.00119. The highest BCUT2D eigenvalue weighted by Crippen LogP contribution is 2.32. The predicted octanol–water partition coefficient (Wildman–Crippen LogP) is 5.50. The number of alkyl halides is 3. The van der Waals surface area contributed by atoms with E-state index in [1.165, 1.54) is 25.3 Å². The second-order valence-corrected chi connectivity index (χ2v) is 6.59. The molecule has 1 heterocycles. The molecule has 6 nitrogen and oxygen atoms in total. The van der Waals surface area contributed by atoms with Crippen LogP contribution in [0.15, 0.2) is 47.0 Å². The molecule has 1 aromatic heterocycles. The molecule has 0 fully saturated rings. The third-order valence-electron chi connectivity index (χ3n) is 4.15. The van der Waals surface area contributed by atoms with Crippen molar-refractivity contribution in [1.29, 1.82) is 0 Å². The first-order valence-electron chi connectivity index (χ1n) is 8.59. The van der Waals surface area contributed by atoms with Gasteiger partial charge in [0, 0.05) is 5.69 Å². The molecule has 3 rings (SSSR count). The number of carbonyl (C=O) groups excluding carboxylic acids is 1. The zero-order chi connectivity index (χ0) is 21.9. The Bertz CT molecular complexity index is 1070. The monoisotopic (exact) mass is 440 g/mol. The molecule has 158 valence electrons. The zero-order valence-electron chi connectivity index (χ0n) is 15.8. The number of nitrogens with zero attached hydrogens (tertiary/aromatic N) is 1. The lowest BCUT2D eigenvalue weighted by atomic mass is 10.2. The molecular weight excluding hydrogens is 425 g/mol. The third kappa shape index (κ3) is 4.85. The van der Waals surface area contributed by atoms with Crippen molar-refractivity contribution >= 4 is 23.2 Å². The largest absolute Gasteiger partial charge is 0.495 e. The summed E-state index contributed by atoms with van der Waals surface area (Å²) in [6.45, 7) is 1.36. The molecule has 0 aliphatic rings. The van der Waals surface area contributed by atoms with Crippen LogP contribution in [0.1, 0.15) is 27.4 Å². The minimum Gasteiger partial charge on any atom is -0.495 e. The number of aryl methyl sites for hydroxylation is 1. The van der Waals surface area contributed by atoms with Gasteiger partial charge in [-0.05, 0) is 43.3 Å². The van der Waals surface area contributed by atoms with Crippen LogP contribution in [-0.4, -0.2) is 18.2 Å². The Labute approximate surface area is 174 Å². The lowest BCUT2D eigenvalue weighted by Gasteiger charge is -2.11. The molecule has 2 aromatic carbocycles. The number of halogens is 4. The number of nitrogens with one attached hydrogen (secondary N) is 1. The van der Waals surface area contributed by atoms with Crippen LogP contribution in [0.25, 0.3) is 0 Å². The van der Waals surface area contributed by atoms with E-state index >= 15 is 0 Å². The lowest BCUT2D eigenvalue weighted by Crippen LogP contribution is -2.15. The Hall–Kier alpha value is -3.20. The summed E-state index contributed by atoms with van der Waals surface area (Å²) in [6, 6.07) is 9.12. The Morgan fingerprint density at radius 2 is 2.00 bits per heavy atom. The summed E-state index contributed by atoms with van der Waals surface area (Å²) in [6.07, 6.45) is -4.49. The molecule has 1 amide bonds. The standard InChI is InChI=1S/C20H16ClF3N2O4/c1-11-15(10-29-14-5-3-4-12(8-14)20(22,23)24)18(26-30-11)19(27)25-13-6-7-17(28-2)16(21)9-13/h3-9H,10H2,1-2H3,(H,25,27). The second-order valence-electron chi connectivity index (χ2n) is 6.18. The van der Waals surface area contributed by atoms with Gasteiger partial charge >= 0.3 is 6.18 Å². The summed E-state index contributed by atoms with van der Waals surface area (Å²) >= 11 is 6.05. The van der Waals surface area contributed by atoms with Crippen molar-refractivity contribution in [2.24, 2.45) is 0 Å². The highest BCUT2D eigenvalue weighted by Gasteiger charge is 2.30. The van der Waals surface area contributed by atoms with Crippen molar-refractivity contribution in [2.45, 2.75) is 19.7 Å². The van der Waals surface area contributed by atoms with E-state index in [4.69, 9.17) is 25.6 Å². The fourth-order valence-electron chi connectivity index (χ4n) is 2.59. The number of hydrogen-bond donors (Lipinski definition) is 1. The summed E-state index contributed by atoms with van der Waals surface area (Å²) in [5.41, 5.74) is -0.177. The summed E-state index contributed by atoms with van der Waals surface area (Å²) < 4.78 is 54.1. The fourth-order valence-corrected chi connectivity index (χ4v) is 2.85. The lowest BCUT2D eigenvalue weighted by molar-refractivity contribution is -0.137. The SMILES string of the molecule is COc1ccc(NC(=O)c2noc(C)c2COc2cccc(C(F)(F)F)c2)cc1Cl. The molecule has 0 atom stereocenters. The highest BCUT2D eigenvalue weighted by atomic mass is 35.5. The van der Waals surface area contributed by atoms with Crippen molar-refractivity contribution < 1.29 is 32.0 Å². The molecule has 0 aliphatic heterocycles. The number of aromatic nitrogens is 1. The van der Waals surface area contributed by atoms with Crippen LogP contribution < -0.4 is 14.8 Å². The Kier molecular flexibility index (Phi) is 6.21. The number of benzene rings is 2. The minimum atomic E-state index is -4.49. The zero-order valence-corrected chi connectivity index (χ0v) is 16.6. The van der Waals surface area contributed by atoms with Crippen LogP contribution in [0.4, 0.5) is 18.9 Å². The number of carbonyl (C=O) groups is 1. The smallest absolute Gasteiger partial charge is 0.416 e. The van der Waals surface area contributed by atoms with Crippen molar-refractivity contribution in [3.8, 4) is 11.5 Å². The molecule has 10 heteroatoms. The van der Waals surface area contributed by atoms with E-state index in [2.05, 4.69) is 10.5 Å². The molecule has 0 aliphatic carbocycles. The van der Waals surface area contributed by atoms with Crippen molar-refractivity contribution in [2.75, 3.05) is 12.4 Å². The molecule has 30 heavy (non-hydrogen) atoms. The number of hydrogen-bond acceptors (Lipinski definition) is 5. The van der Waals surface area contributed by atoms with Crippen LogP contribution in [0, 0.1) is 6.92 Å². The average molecular weight is 441 g/mol. The summed E-state index contributed by atoms with van der Waals surface area (Å²) in [4.78, 5) is 12.6. The van der Waals surface area contributed by atoms with Gasteiger partial charge in [0.1, 0.15) is 23.9 Å². The third-order valence-corrected chi connectivity index (χ3v) is 4.45. The molecule has 3 aromatic rings. The van der Waals surface area contributed by atoms with E-state index in [1.807, 2.05) is 0 Å². The van der Waals surface area contributed by atoms with Gasteiger partial charge in [0.25, 0.3) is 5.91 Å². The van der Waals surface area contributed by atoms with Crippen molar-refractivity contribution in [3.63, 3.8) is 0 Å². The van der Waals surface area contributed by atoms with E-state index in [0.717, 1.165) is 12.1 Å². The maximum atomic E-state index is 12.8. The number of anilines is 1. The molecule has 1 N–H and O–H groups in total. The van der Waals surface area contributed by atoms with Crippen LogP contribution in [-0.2, 0) is 12.8 Å². The van der Waals surface area contributed by atoms with Gasteiger partial charge in [-0.3, -0.25) is 4.79 Å². The maximum absolute atomic E-state index is 12.8. The molecule has 0 saturated carbocycles. The molecule has 0 unspecified atom stereocenters. The Balaban J connectivity index is 1.75. The van der Waals surface area contributed by atoms with Crippen LogP contribution in [0.2, 0.25) is 5.02 Å². The summed E-state index contributed by atoms with van der Waals surface area (Å²) in [5.74, 6) is 0.163. The van der Waals surface area contributed by atoms with Crippen LogP contribution in [0.3, 0.4) is 0 Å². The molecular formula is C20H16ClF3N2O4. The topological polar surface area (TPSA) is 73.6 Å². The van der Waals surface area contributed by atoms with Gasteiger partial charge in [-0.25, -0.2) is 0 Å². The fraction of sp³-hybridized carbons (Fsp3) is 0.200. The van der Waals surface area contributed by atoms with E-state index in [9.17, 15) is 18.0 Å². The highest BCUT2D eigenvalue weighted by molar-refractivity contribution is 6.32. The first kappa shape index (κ1) is 21.5. The molecule has 0 radical (unpaired) electrons. The summed E-state index contributed by atoms with van der Waals surface area (Å²) in [5, 5.41) is 6.66. The normalized spacial score (nSPS) is 11.3. The van der Waals surface area contributed by atoms with Gasteiger partial charge in [0.2, 0.25) is 0 Å². The second kappa shape index (κ2) is 8.66. The van der Waals surface area contributed by atoms with Gasteiger partial charge in [0.05, 0.1) is 23.3 Å². The number of amides is 1. The molecule has 0 bridgehead atoms. The van der Waals surface area contributed by atoms with E-state index in [-0.39, 0.29) is 18.1 Å². The predicted molar refractivity (Wildman–Crippen MR) is 103 cm³/mol. The van der Waals surface area contributed by atoms with Gasteiger partial charge < -0.3 is 19.3 Å². The number of methoxy groups -OCH3 is 1. The maximum Gasteiger partial charge on any atom is 0.416 e. The summed E-state index contributed by atoms with van der Waals surface area (Å²) in [7, 11) is 1.47. The first-order chi connectivity index (χ1) is 14.2. The molecule has 0 saturated heterocycles. The number of ether oxygens (including phenoxy) is 2. The van der Waals surface area contributed by atoms with Gasteiger partial charge in [-0.2, -0.15) is 13.2 Å². The van der Waals surface area contributed by atoms with Crippen molar-refractivity contribution in [3.05, 3.63) is 70.1 Å². The van der Waals surface area contributed by atoms with Gasteiger partial charge in [-0.1, -0.05) is 22.8 Å². The average Bonchev–Trinajstić information content (AvgIpc) is 3.06. The quantitative estimate of drug-likeness (QED) is 0.548. The van der Waals surface area contributed by atoms with Crippen LogP contribution in [0.5, 0.6) is 11.5 Å². The van der Waals surface area contributed by atoms with Gasteiger partial charge in [-0.15, -0.1) is 0 Å².